The fourth-order valence-corrected chi connectivity index (χ4v) is 5.99. The number of amidine groups is 1. The van der Waals surface area contributed by atoms with Crippen molar-refractivity contribution in [3.8, 4) is 6.07 Å². The van der Waals surface area contributed by atoms with E-state index in [1.54, 1.807) is 49.3 Å². The number of nitrogens with one attached hydrogen (secondary N) is 1. The average molecular weight is 462 g/mol. The quantitative estimate of drug-likeness (QED) is 0.397. The molecule has 1 heterocycles. The van der Waals surface area contributed by atoms with Gasteiger partial charge in [-0.05, 0) is 0 Å². The van der Waals surface area contributed by atoms with Gasteiger partial charge in [-0.25, -0.2) is 0 Å². The molecule has 1 aromatic rings. The molecule has 2 amide bonds. The van der Waals surface area contributed by atoms with Crippen LogP contribution in [0.5, 0.6) is 0 Å². The van der Waals surface area contributed by atoms with Gasteiger partial charge in [0.05, 0.1) is 0 Å². The van der Waals surface area contributed by atoms with Gasteiger partial charge in [0.1, 0.15) is 0 Å². The van der Waals surface area contributed by atoms with Crippen LogP contribution in [0.3, 0.4) is 0 Å². The summed E-state index contributed by atoms with van der Waals surface area (Å²) in [7, 11) is 4.63. The number of ether oxygens (including phenoxy) is 1. The van der Waals surface area contributed by atoms with Crippen molar-refractivity contribution in [1.82, 2.24) is 10.3 Å². The average Bonchev–Trinajstić information content (AvgIpc) is 3.06. The van der Waals surface area contributed by atoms with E-state index in [1.165, 1.54) is 21.0 Å². The third-order valence-corrected chi connectivity index (χ3v) is 8.18. The van der Waals surface area contributed by atoms with Gasteiger partial charge in [0, 0.05) is 0 Å². The molecule has 1 aromatic carbocycles. The van der Waals surface area contributed by atoms with Crippen molar-refractivity contribution < 1.29 is 19.1 Å². The van der Waals surface area contributed by atoms with E-state index in [1.807, 2.05) is 0 Å². The van der Waals surface area contributed by atoms with Crippen molar-refractivity contribution in [2.24, 2.45) is 10.1 Å². The summed E-state index contributed by atoms with van der Waals surface area (Å²) in [5.74, 6) is -1.15. The monoisotopic (exact) mass is 463 g/mol. The van der Waals surface area contributed by atoms with E-state index in [-0.39, 0.29) is 5.71 Å². The maximum absolute atomic E-state index is 13.3. The summed E-state index contributed by atoms with van der Waals surface area (Å²) in [4.78, 5) is 43.7. The fourth-order valence-electron chi connectivity index (χ4n) is 3.12. The van der Waals surface area contributed by atoms with E-state index in [0.29, 0.717) is 10.3 Å². The van der Waals surface area contributed by atoms with E-state index in [9.17, 15) is 19.6 Å². The Morgan fingerprint density at radius 2 is 1.93 bits per heavy atom. The summed E-state index contributed by atoms with van der Waals surface area (Å²) in [6.45, 7) is 2.78. The van der Waals surface area contributed by atoms with Crippen LogP contribution in [0, 0.1) is 11.3 Å². The molecule has 0 fully saturated rings. The summed E-state index contributed by atoms with van der Waals surface area (Å²) >= 11 is -0.768. The molecule has 0 spiro atoms. The zero-order chi connectivity index (χ0) is 21.8. The van der Waals surface area contributed by atoms with Gasteiger partial charge in [-0.15, -0.1) is 0 Å². The van der Waals surface area contributed by atoms with Crippen molar-refractivity contribution in [2.45, 2.75) is 23.6 Å². The van der Waals surface area contributed by atoms with Gasteiger partial charge in [0.25, 0.3) is 0 Å². The van der Waals surface area contributed by atoms with Crippen LogP contribution in [0.15, 0.2) is 40.4 Å². The minimum absolute atomic E-state index is 0.106. The number of nitriles is 1. The van der Waals surface area contributed by atoms with Gasteiger partial charge in [0.15, 0.2) is 0 Å². The predicted molar refractivity (Wildman–Crippen MR) is 108 cm³/mol. The second-order valence-corrected chi connectivity index (χ2v) is 8.94. The number of rotatable bonds is 5. The first-order chi connectivity index (χ1) is 13.7. The predicted octanol–water partition coefficient (Wildman–Crippen LogP) is 1.09. The normalized spacial score (nSPS) is 20.9. The third kappa shape index (κ3) is 3.55. The number of benzene rings is 1. The van der Waals surface area contributed by atoms with Crippen molar-refractivity contribution in [1.29, 1.82) is 5.26 Å². The third-order valence-electron chi connectivity index (χ3n) is 4.57. The number of hydrazone groups is 1. The number of methoxy groups -OCH3 is 1. The van der Waals surface area contributed by atoms with Gasteiger partial charge in [-0.2, -0.15) is 0 Å². The minimum atomic E-state index is -1.86. The zero-order valence-corrected chi connectivity index (χ0v) is 18.4. The van der Waals surface area contributed by atoms with E-state index in [4.69, 9.17) is 0 Å². The summed E-state index contributed by atoms with van der Waals surface area (Å²) in [5.41, 5.74) is 0.795. The Labute approximate surface area is 175 Å². The first kappa shape index (κ1) is 22.3. The van der Waals surface area contributed by atoms with Gasteiger partial charge in [-0.3, -0.25) is 0 Å². The van der Waals surface area contributed by atoms with Crippen LogP contribution >= 0.6 is 0 Å². The molecule has 0 saturated heterocycles. The van der Waals surface area contributed by atoms with Crippen molar-refractivity contribution in [2.75, 3.05) is 21.2 Å². The second-order valence-electron chi connectivity index (χ2n) is 6.46. The molecule has 1 aliphatic heterocycles. The van der Waals surface area contributed by atoms with Crippen LogP contribution in [0.25, 0.3) is 0 Å². The van der Waals surface area contributed by atoms with Crippen molar-refractivity contribution in [3.05, 3.63) is 35.9 Å². The van der Waals surface area contributed by atoms with E-state index < -0.39 is 42.5 Å². The molecule has 0 aliphatic carbocycles. The summed E-state index contributed by atoms with van der Waals surface area (Å²) in [5, 5.41) is 14.3. The van der Waals surface area contributed by atoms with E-state index in [2.05, 4.69) is 26.3 Å². The van der Waals surface area contributed by atoms with Gasteiger partial charge in [0.2, 0.25) is 0 Å². The Morgan fingerprint density at radius 3 is 2.38 bits per heavy atom. The second kappa shape index (κ2) is 8.55. The zero-order valence-electron chi connectivity index (χ0n) is 16.7. The molecule has 2 unspecified atom stereocenters. The molecule has 0 bridgehead atoms. The summed E-state index contributed by atoms with van der Waals surface area (Å²) in [6, 6.07) is 10.5. The van der Waals surface area contributed by atoms with Crippen LogP contribution in [0.2, 0.25) is 4.31 Å². The molecule has 152 valence electrons. The number of amides is 2. The SMILES string of the molecule is COC(=O)N/N=C(/C)C1(C(C#N)(C(C)=O)c2ccccc2)[Se]C(N(C)C)=NC1=O. The molecule has 2 rings (SSSR count). The Hall–Kier alpha value is -3.02. The fraction of sp³-hybridized carbons (Fsp3) is 0.368. The van der Waals surface area contributed by atoms with Crippen LogP contribution in [-0.4, -0.2) is 69.3 Å². The Morgan fingerprint density at radius 1 is 1.31 bits per heavy atom. The number of hydrogen-bond donors (Lipinski definition) is 1. The maximum atomic E-state index is 13.3. The number of aliphatic imine (C=N–C) groups is 1. The number of ketones is 1. The molecule has 10 heteroatoms. The summed E-state index contributed by atoms with van der Waals surface area (Å²) in [6.07, 6.45) is -0.837. The number of carbonyl (C=O) groups is 3. The first-order valence-corrected chi connectivity index (χ1v) is 10.2. The number of carbonyl (C=O) groups excluding carboxylic acids is 3. The standard InChI is InChI=1S/C19H21N5O4Se/c1-12(22-23-17(27)28-5)19(15(26)21-16(29-19)24(3)4)18(11-20,13(2)25)14-9-7-6-8-10-14/h6-10H,1-5H3,(H,23,27)/b22-12-. The van der Waals surface area contributed by atoms with Gasteiger partial charge < -0.3 is 0 Å². The summed E-state index contributed by atoms with van der Waals surface area (Å²) < 4.78 is 3.32. The van der Waals surface area contributed by atoms with Gasteiger partial charge in [-0.1, -0.05) is 0 Å². The van der Waals surface area contributed by atoms with Crippen LogP contribution in [0.4, 0.5) is 4.79 Å². The van der Waals surface area contributed by atoms with E-state index >= 15 is 0 Å². The molecule has 0 saturated carbocycles. The van der Waals surface area contributed by atoms with Crippen LogP contribution in [-0.2, 0) is 19.7 Å². The number of hydrogen-bond acceptors (Lipinski definition) is 7. The molecule has 1 aliphatic rings. The molecule has 2 atom stereocenters. The van der Waals surface area contributed by atoms with E-state index in [0.717, 1.165) is 0 Å². The number of nitrogens with zero attached hydrogens (tertiary/aromatic N) is 4. The van der Waals surface area contributed by atoms with Gasteiger partial charge >= 0.3 is 175 Å². The molecule has 0 radical (unpaired) electrons. The van der Waals surface area contributed by atoms with Crippen LogP contribution < -0.4 is 5.43 Å². The Bertz CT molecular complexity index is 938. The van der Waals surface area contributed by atoms with Crippen molar-refractivity contribution >= 4 is 43.2 Å². The first-order valence-electron chi connectivity index (χ1n) is 8.53. The topological polar surface area (TPSA) is 124 Å². The molecule has 1 N–H and O–H groups in total. The molecule has 0 aromatic heterocycles. The van der Waals surface area contributed by atoms with Crippen LogP contribution in [0.1, 0.15) is 19.4 Å². The van der Waals surface area contributed by atoms with Crippen molar-refractivity contribution in [3.63, 3.8) is 0 Å². The molecule has 9 nitrogen and oxygen atoms in total. The molecular formula is C19H21N5O4Se. The molecule has 29 heavy (non-hydrogen) atoms. The molecular weight excluding hydrogens is 441 g/mol. The Balaban J connectivity index is 2.82. The number of Topliss-reactive ketones (excluding diaryl/α,β-unsaturated/α-hetero) is 1. The Kier molecular flexibility index (Phi) is 6.57.